The molecule has 0 unspecified atom stereocenters. The summed E-state index contributed by atoms with van der Waals surface area (Å²) in [5.74, 6) is 3.54. The lowest BCUT2D eigenvalue weighted by atomic mass is 9.75. The van der Waals surface area contributed by atoms with E-state index in [2.05, 4.69) is 174 Å². The first-order valence-corrected chi connectivity index (χ1v) is 17.9. The Morgan fingerprint density at radius 1 is 0.408 bits per heavy atom. The van der Waals surface area contributed by atoms with Crippen LogP contribution in [0.1, 0.15) is 74.9 Å². The van der Waals surface area contributed by atoms with Gasteiger partial charge in [-0.3, -0.25) is 0 Å². The summed E-state index contributed by atoms with van der Waals surface area (Å²) in [6.07, 6.45) is 0. The Morgan fingerprint density at radius 2 is 0.816 bits per heavy atom. The largest absolute Gasteiger partial charge is 0.455 e. The molecule has 3 aliphatic rings. The minimum Gasteiger partial charge on any atom is -0.455 e. The maximum atomic E-state index is 6.96. The van der Waals surface area contributed by atoms with Crippen LogP contribution in [0.25, 0.3) is 0 Å². The zero-order valence-electron chi connectivity index (χ0n) is 28.8. The molecule has 0 bridgehead atoms. The molecule has 242 valence electrons. The summed E-state index contributed by atoms with van der Waals surface area (Å²) in [5.41, 5.74) is 9.75. The fraction of sp³-hybridized carbons (Fsp3) is 0.200. The van der Waals surface area contributed by atoms with E-state index in [0.717, 1.165) is 51.2 Å². The van der Waals surface area contributed by atoms with E-state index in [1.165, 1.54) is 32.0 Å². The normalized spacial score (nSPS) is 16.7. The van der Waals surface area contributed by atoms with Crippen LogP contribution in [-0.2, 0) is 16.2 Å². The molecule has 4 heteroatoms. The molecule has 3 aliphatic heterocycles. The first-order valence-electron chi connectivity index (χ1n) is 17.1. The number of benzene rings is 6. The van der Waals surface area contributed by atoms with E-state index < -0.39 is 0 Å². The van der Waals surface area contributed by atoms with Crippen LogP contribution >= 0.6 is 11.8 Å². The van der Waals surface area contributed by atoms with Crippen molar-refractivity contribution in [2.45, 2.75) is 67.6 Å². The van der Waals surface area contributed by atoms with Crippen molar-refractivity contribution in [2.24, 2.45) is 0 Å². The molecule has 6 aromatic carbocycles. The maximum Gasteiger partial charge on any atom is 0.155 e. The van der Waals surface area contributed by atoms with Gasteiger partial charge in [-0.05, 0) is 47.5 Å². The summed E-state index contributed by atoms with van der Waals surface area (Å²) >= 11 is 1.86. The van der Waals surface area contributed by atoms with Crippen molar-refractivity contribution >= 4 is 28.8 Å². The van der Waals surface area contributed by atoms with Gasteiger partial charge < -0.3 is 14.4 Å². The van der Waals surface area contributed by atoms with Crippen molar-refractivity contribution in [3.8, 4) is 23.0 Å². The molecule has 3 heterocycles. The second-order valence-corrected chi connectivity index (χ2v) is 16.0. The van der Waals surface area contributed by atoms with Crippen molar-refractivity contribution in [1.82, 2.24) is 0 Å². The minimum absolute atomic E-state index is 0.181. The number of hydrogen-bond acceptors (Lipinski definition) is 4. The Hall–Kier alpha value is -4.93. The average molecular weight is 658 g/mol. The van der Waals surface area contributed by atoms with E-state index >= 15 is 0 Å². The summed E-state index contributed by atoms with van der Waals surface area (Å²) in [4.78, 5) is 4.93. The van der Waals surface area contributed by atoms with Crippen molar-refractivity contribution in [3.63, 3.8) is 0 Å². The number of anilines is 3. The van der Waals surface area contributed by atoms with Crippen LogP contribution in [0.3, 0.4) is 0 Å². The molecule has 0 spiro atoms. The molecular weight excluding hydrogens is 619 g/mol. The molecule has 49 heavy (non-hydrogen) atoms. The number of fused-ring (bicyclic) bond motifs is 6. The van der Waals surface area contributed by atoms with Crippen LogP contribution in [-0.4, -0.2) is 0 Å². The van der Waals surface area contributed by atoms with E-state index in [9.17, 15) is 0 Å². The summed E-state index contributed by atoms with van der Waals surface area (Å²) in [6.45, 7) is 13.9. The van der Waals surface area contributed by atoms with Crippen LogP contribution < -0.4 is 14.4 Å². The Balaban J connectivity index is 1.34. The van der Waals surface area contributed by atoms with Gasteiger partial charge in [0, 0.05) is 48.3 Å². The predicted octanol–water partition coefficient (Wildman–Crippen LogP) is 12.8. The van der Waals surface area contributed by atoms with Crippen molar-refractivity contribution in [1.29, 1.82) is 0 Å². The van der Waals surface area contributed by atoms with Crippen LogP contribution in [0, 0.1) is 0 Å². The lowest BCUT2D eigenvalue weighted by molar-refractivity contribution is 0.416. The molecule has 0 amide bonds. The van der Waals surface area contributed by atoms with E-state index in [1.807, 2.05) is 11.8 Å². The van der Waals surface area contributed by atoms with Gasteiger partial charge >= 0.3 is 0 Å². The number of rotatable bonds is 3. The van der Waals surface area contributed by atoms with Crippen LogP contribution in [0.2, 0.25) is 0 Å². The second-order valence-electron chi connectivity index (χ2n) is 15.0. The van der Waals surface area contributed by atoms with Crippen molar-refractivity contribution in [2.75, 3.05) is 4.90 Å². The quantitative estimate of drug-likeness (QED) is 0.189. The molecule has 0 radical (unpaired) electrons. The SMILES string of the molecule is CC1(C)c2ccccc2Oc2c(N(c3cccc4c3Oc3ccccc3C4(C)C)c3cccc4c3Sc3ccccc3C4(C)C)cccc21. The first-order chi connectivity index (χ1) is 23.6. The van der Waals surface area contributed by atoms with Crippen LogP contribution in [0.4, 0.5) is 17.1 Å². The molecule has 0 aliphatic carbocycles. The number of nitrogens with zero attached hydrogens (tertiary/aromatic N) is 1. The smallest absolute Gasteiger partial charge is 0.155 e. The van der Waals surface area contributed by atoms with E-state index in [-0.39, 0.29) is 16.2 Å². The van der Waals surface area contributed by atoms with Gasteiger partial charge in [0.1, 0.15) is 11.5 Å². The summed E-state index contributed by atoms with van der Waals surface area (Å²) in [7, 11) is 0. The van der Waals surface area contributed by atoms with Crippen LogP contribution in [0.5, 0.6) is 23.0 Å². The molecule has 0 saturated carbocycles. The highest BCUT2D eigenvalue weighted by Gasteiger charge is 2.41. The fourth-order valence-electron chi connectivity index (χ4n) is 8.27. The molecule has 0 N–H and O–H groups in total. The maximum absolute atomic E-state index is 6.96. The number of hydrogen-bond donors (Lipinski definition) is 0. The predicted molar refractivity (Wildman–Crippen MR) is 201 cm³/mol. The van der Waals surface area contributed by atoms with E-state index in [4.69, 9.17) is 9.47 Å². The first kappa shape index (κ1) is 30.2. The minimum atomic E-state index is -0.259. The molecule has 0 saturated heterocycles. The molecule has 0 fully saturated rings. The Bertz CT molecular complexity index is 2060. The lowest BCUT2D eigenvalue weighted by Crippen LogP contribution is -2.28. The van der Waals surface area contributed by atoms with Crippen molar-refractivity contribution < 1.29 is 9.47 Å². The molecule has 6 aromatic rings. The highest BCUT2D eigenvalue weighted by molar-refractivity contribution is 7.99. The highest BCUT2D eigenvalue weighted by Crippen LogP contribution is 2.60. The fourth-order valence-corrected chi connectivity index (χ4v) is 9.77. The summed E-state index contributed by atoms with van der Waals surface area (Å²) in [5, 5.41) is 0. The van der Waals surface area contributed by atoms with Gasteiger partial charge in [-0.2, -0.15) is 0 Å². The number of ether oxygens (including phenoxy) is 2. The average Bonchev–Trinajstić information content (AvgIpc) is 3.09. The molecule has 9 rings (SSSR count). The lowest BCUT2D eigenvalue weighted by Gasteiger charge is -2.41. The third-order valence-corrected chi connectivity index (χ3v) is 12.3. The Labute approximate surface area is 293 Å². The zero-order chi connectivity index (χ0) is 33.7. The summed E-state index contributed by atoms with van der Waals surface area (Å²) in [6, 6.07) is 45.7. The van der Waals surface area contributed by atoms with Crippen molar-refractivity contribution in [3.05, 3.63) is 161 Å². The van der Waals surface area contributed by atoms with Gasteiger partial charge in [0.25, 0.3) is 0 Å². The topological polar surface area (TPSA) is 21.7 Å². The highest BCUT2D eigenvalue weighted by atomic mass is 32.2. The van der Waals surface area contributed by atoms with Gasteiger partial charge in [0.05, 0.1) is 17.1 Å². The molecular formula is C45H39NO2S. The monoisotopic (exact) mass is 657 g/mol. The zero-order valence-corrected chi connectivity index (χ0v) is 29.6. The van der Waals surface area contributed by atoms with E-state index in [1.54, 1.807) is 0 Å². The second kappa shape index (κ2) is 10.5. The van der Waals surface area contributed by atoms with Gasteiger partial charge in [0.15, 0.2) is 11.5 Å². The molecule has 0 aromatic heterocycles. The third kappa shape index (κ3) is 4.29. The van der Waals surface area contributed by atoms with Gasteiger partial charge in [-0.15, -0.1) is 0 Å². The van der Waals surface area contributed by atoms with Gasteiger partial charge in [0.2, 0.25) is 0 Å². The Kier molecular flexibility index (Phi) is 6.48. The standard InChI is InChI=1S/C45H39NO2S/c1-43(2)28-16-7-10-25-37(28)47-40-31(43)19-13-22-34(40)46(35-23-14-20-32-41(35)48-38-26-11-8-17-29(38)44(32,3)4)36-24-15-21-33-42(36)49-39-27-12-9-18-30(39)45(33,5)6/h7-27H,1-6H3. The van der Waals surface area contributed by atoms with Crippen LogP contribution in [0.15, 0.2) is 137 Å². The van der Waals surface area contributed by atoms with Gasteiger partial charge in [-0.25, -0.2) is 0 Å². The van der Waals surface area contributed by atoms with Gasteiger partial charge in [-0.1, -0.05) is 144 Å². The Morgan fingerprint density at radius 3 is 1.37 bits per heavy atom. The summed E-state index contributed by atoms with van der Waals surface area (Å²) < 4.78 is 13.9. The van der Waals surface area contributed by atoms with E-state index in [0.29, 0.717) is 0 Å². The molecule has 3 nitrogen and oxygen atoms in total. The number of para-hydroxylation sites is 4. The molecule has 0 atom stereocenters. The third-order valence-electron chi connectivity index (χ3n) is 11.0.